The molecule has 36 heavy (non-hydrogen) atoms. The van der Waals surface area contributed by atoms with Crippen molar-refractivity contribution in [1.29, 1.82) is 5.26 Å². The average molecular weight is 498 g/mol. The van der Waals surface area contributed by atoms with Crippen LogP contribution in [-0.2, 0) is 14.3 Å². The Balaban J connectivity index is 1.65. The number of hydrogen-bond donors (Lipinski definition) is 0. The Labute approximate surface area is 215 Å². The largest absolute Gasteiger partial charge is 0.462 e. The third-order valence-electron chi connectivity index (χ3n) is 5.54. The van der Waals surface area contributed by atoms with Crippen molar-refractivity contribution in [3.05, 3.63) is 94.4 Å². The summed E-state index contributed by atoms with van der Waals surface area (Å²) in [4.78, 5) is 19.8. The molecule has 6 nitrogen and oxygen atoms in total. The minimum Gasteiger partial charge on any atom is -0.462 e. The summed E-state index contributed by atoms with van der Waals surface area (Å²) in [5, 5.41) is 9.40. The average Bonchev–Trinajstić information content (AvgIpc) is 3.30. The van der Waals surface area contributed by atoms with Gasteiger partial charge in [0.25, 0.3) is 0 Å². The Kier molecular flexibility index (Phi) is 7.99. The zero-order valence-electron chi connectivity index (χ0n) is 20.5. The molecule has 3 aromatic rings. The first-order valence-corrected chi connectivity index (χ1v) is 12.5. The molecule has 4 rings (SSSR count). The molecule has 1 aromatic heterocycles. The van der Waals surface area contributed by atoms with E-state index in [1.807, 2.05) is 91.7 Å². The van der Waals surface area contributed by atoms with Gasteiger partial charge in [0.2, 0.25) is 0 Å². The summed E-state index contributed by atoms with van der Waals surface area (Å²) in [5.41, 5.74) is 4.03. The lowest BCUT2D eigenvalue weighted by atomic mass is 10.0. The number of nitriles is 1. The molecule has 0 bridgehead atoms. The highest BCUT2D eigenvalue weighted by atomic mass is 32.1. The molecule has 0 spiro atoms. The standard InChI is InChI=1S/C29H27N3O3S/c1-4-34-29(33)27(28-31-25-8-5-6-9-26(25)36-28)22-18-20(2)35-24(19-22)15-12-21-10-13-23(14-11-21)32(3)17-7-16-30/h5-6,8-15,18-19H,4,7,17H2,1-3H3/b15-12?,27-22-. The van der Waals surface area contributed by atoms with Crippen LogP contribution in [-0.4, -0.2) is 31.2 Å². The van der Waals surface area contributed by atoms with Crippen molar-refractivity contribution in [1.82, 2.24) is 4.98 Å². The normalized spacial score (nSPS) is 14.6. The fraction of sp³-hybridized carbons (Fsp3) is 0.207. The molecule has 7 heteroatoms. The van der Waals surface area contributed by atoms with Gasteiger partial charge in [-0.2, -0.15) is 5.26 Å². The molecule has 2 aromatic carbocycles. The van der Waals surface area contributed by atoms with E-state index < -0.39 is 5.97 Å². The number of aromatic nitrogens is 1. The lowest BCUT2D eigenvalue weighted by molar-refractivity contribution is -0.136. The highest BCUT2D eigenvalue weighted by molar-refractivity contribution is 7.19. The summed E-state index contributed by atoms with van der Waals surface area (Å²) in [6.45, 7) is 4.61. The second-order valence-electron chi connectivity index (χ2n) is 8.20. The molecule has 0 radical (unpaired) electrons. The van der Waals surface area contributed by atoms with Crippen molar-refractivity contribution in [2.24, 2.45) is 0 Å². The number of carbonyl (C=O) groups is 1. The molecule has 2 heterocycles. The van der Waals surface area contributed by atoms with E-state index in [0.29, 0.717) is 40.6 Å². The Morgan fingerprint density at radius 2 is 1.94 bits per heavy atom. The Bertz CT molecular complexity index is 1390. The van der Waals surface area contributed by atoms with E-state index in [9.17, 15) is 4.79 Å². The fourth-order valence-electron chi connectivity index (χ4n) is 3.76. The Morgan fingerprint density at radius 3 is 2.67 bits per heavy atom. The van der Waals surface area contributed by atoms with Crippen molar-refractivity contribution in [2.45, 2.75) is 20.3 Å². The summed E-state index contributed by atoms with van der Waals surface area (Å²) >= 11 is 1.47. The van der Waals surface area contributed by atoms with Crippen LogP contribution in [0.25, 0.3) is 21.9 Å². The topological polar surface area (TPSA) is 75.5 Å². The maximum Gasteiger partial charge on any atom is 0.341 e. The van der Waals surface area contributed by atoms with Crippen LogP contribution in [0.15, 0.2) is 83.9 Å². The quantitative estimate of drug-likeness (QED) is 0.261. The summed E-state index contributed by atoms with van der Waals surface area (Å²) < 4.78 is 12.3. The number of nitrogens with zero attached hydrogens (tertiary/aromatic N) is 3. The van der Waals surface area contributed by atoms with Crippen molar-refractivity contribution < 1.29 is 14.3 Å². The highest BCUT2D eigenvalue weighted by Crippen LogP contribution is 2.33. The number of rotatable bonds is 8. The van der Waals surface area contributed by atoms with Crippen LogP contribution in [0.1, 0.15) is 30.8 Å². The van der Waals surface area contributed by atoms with E-state index in [1.165, 1.54) is 11.3 Å². The Morgan fingerprint density at radius 1 is 1.17 bits per heavy atom. The van der Waals surface area contributed by atoms with Crippen molar-refractivity contribution in [3.8, 4) is 6.07 Å². The summed E-state index contributed by atoms with van der Waals surface area (Å²) in [6, 6.07) is 18.1. The van der Waals surface area contributed by atoms with Crippen LogP contribution in [0.3, 0.4) is 0 Å². The number of allylic oxidation sites excluding steroid dienone is 5. The van der Waals surface area contributed by atoms with Crippen molar-refractivity contribution >= 4 is 44.9 Å². The SMILES string of the molecule is CCOC(=O)/C(=C1/C=C(C)OC(C=Cc2ccc(N(C)CCC#N)cc2)=C1)c1nc2ccccc2s1. The van der Waals surface area contributed by atoms with Gasteiger partial charge < -0.3 is 14.4 Å². The Hall–Kier alpha value is -4.15. The van der Waals surface area contributed by atoms with Gasteiger partial charge in [-0.15, -0.1) is 11.3 Å². The minimum absolute atomic E-state index is 0.276. The molecule has 0 amide bonds. The third kappa shape index (κ3) is 5.91. The molecule has 182 valence electrons. The number of carbonyl (C=O) groups excluding carboxylic acids is 1. The zero-order chi connectivity index (χ0) is 25.5. The molecule has 0 atom stereocenters. The third-order valence-corrected chi connectivity index (χ3v) is 6.60. The number of fused-ring (bicyclic) bond motifs is 1. The zero-order valence-corrected chi connectivity index (χ0v) is 21.3. The second kappa shape index (κ2) is 11.5. The van der Waals surface area contributed by atoms with Crippen LogP contribution < -0.4 is 4.90 Å². The molecule has 0 fully saturated rings. The minimum atomic E-state index is -0.409. The maximum absolute atomic E-state index is 13.0. The summed E-state index contributed by atoms with van der Waals surface area (Å²) in [6.07, 6.45) is 8.00. The molecular formula is C29H27N3O3S. The van der Waals surface area contributed by atoms with Crippen LogP contribution >= 0.6 is 11.3 Å². The van der Waals surface area contributed by atoms with E-state index in [1.54, 1.807) is 6.92 Å². The summed E-state index contributed by atoms with van der Waals surface area (Å²) in [7, 11) is 1.97. The molecule has 1 aliphatic rings. The summed E-state index contributed by atoms with van der Waals surface area (Å²) in [5.74, 6) is 0.876. The van der Waals surface area contributed by atoms with Crippen LogP contribution in [0.2, 0.25) is 0 Å². The van der Waals surface area contributed by atoms with Crippen molar-refractivity contribution in [2.75, 3.05) is 25.1 Å². The first-order chi connectivity index (χ1) is 17.5. The maximum atomic E-state index is 13.0. The number of ether oxygens (including phenoxy) is 2. The first kappa shape index (κ1) is 25.0. The number of anilines is 1. The van der Waals surface area contributed by atoms with Gasteiger partial charge in [-0.25, -0.2) is 9.78 Å². The van der Waals surface area contributed by atoms with Crippen molar-refractivity contribution in [3.63, 3.8) is 0 Å². The van der Waals surface area contributed by atoms with E-state index in [0.717, 1.165) is 21.5 Å². The van der Waals surface area contributed by atoms with Gasteiger partial charge in [-0.3, -0.25) is 0 Å². The predicted octanol–water partition coefficient (Wildman–Crippen LogP) is 6.49. The van der Waals surface area contributed by atoms with Gasteiger partial charge in [-0.1, -0.05) is 30.3 Å². The lowest BCUT2D eigenvalue weighted by Gasteiger charge is -2.17. The monoisotopic (exact) mass is 497 g/mol. The number of benzene rings is 2. The molecular weight excluding hydrogens is 470 g/mol. The highest BCUT2D eigenvalue weighted by Gasteiger charge is 2.23. The molecule has 0 unspecified atom stereocenters. The number of thiazole rings is 1. The van der Waals surface area contributed by atoms with Gasteiger partial charge >= 0.3 is 5.97 Å². The van der Waals surface area contributed by atoms with Gasteiger partial charge in [0, 0.05) is 19.3 Å². The van der Waals surface area contributed by atoms with Crippen LogP contribution in [0.5, 0.6) is 0 Å². The van der Waals surface area contributed by atoms with E-state index in [2.05, 4.69) is 6.07 Å². The van der Waals surface area contributed by atoms with E-state index in [-0.39, 0.29) is 6.61 Å². The van der Waals surface area contributed by atoms with Gasteiger partial charge in [0.05, 0.1) is 29.3 Å². The van der Waals surface area contributed by atoms with Gasteiger partial charge in [0.1, 0.15) is 22.1 Å². The van der Waals surface area contributed by atoms with Gasteiger partial charge in [0.15, 0.2) is 0 Å². The number of esters is 1. The smallest absolute Gasteiger partial charge is 0.341 e. The number of hydrogen-bond acceptors (Lipinski definition) is 7. The number of para-hydroxylation sites is 1. The van der Waals surface area contributed by atoms with E-state index in [4.69, 9.17) is 19.7 Å². The van der Waals surface area contributed by atoms with E-state index >= 15 is 0 Å². The predicted molar refractivity (Wildman–Crippen MR) is 145 cm³/mol. The second-order valence-corrected chi connectivity index (χ2v) is 9.23. The molecule has 0 aliphatic carbocycles. The lowest BCUT2D eigenvalue weighted by Crippen LogP contribution is -2.17. The molecule has 0 saturated carbocycles. The van der Waals surface area contributed by atoms with Gasteiger partial charge in [-0.05, 0) is 67.5 Å². The van der Waals surface area contributed by atoms with Crippen LogP contribution in [0, 0.1) is 11.3 Å². The molecule has 0 N–H and O–H groups in total. The fourth-order valence-corrected chi connectivity index (χ4v) is 4.78. The molecule has 1 aliphatic heterocycles. The molecule has 0 saturated heterocycles. The van der Waals surface area contributed by atoms with Crippen LogP contribution in [0.4, 0.5) is 5.69 Å². The first-order valence-electron chi connectivity index (χ1n) is 11.7.